The van der Waals surface area contributed by atoms with Gasteiger partial charge in [0.05, 0.1) is 6.61 Å². The van der Waals surface area contributed by atoms with E-state index < -0.39 is 12.0 Å². The number of carboxylic acids is 1. The van der Waals surface area contributed by atoms with Gasteiger partial charge in [-0.3, -0.25) is 4.79 Å². The number of aliphatic carboxylic acids is 1. The standard InChI is InChI=1S/C7H16N2O3/c1-12-5-6(7(10)11)9-4-2-3-8/h6,9H,2-5,8H2,1H3,(H,10,11). The van der Waals surface area contributed by atoms with Gasteiger partial charge in [0.2, 0.25) is 0 Å². The molecule has 5 nitrogen and oxygen atoms in total. The minimum Gasteiger partial charge on any atom is -0.480 e. The molecule has 0 aromatic carbocycles. The number of nitrogens with two attached hydrogens (primary N) is 1. The van der Waals surface area contributed by atoms with Gasteiger partial charge in [-0.25, -0.2) is 0 Å². The van der Waals surface area contributed by atoms with E-state index in [0.717, 1.165) is 6.42 Å². The van der Waals surface area contributed by atoms with Crippen LogP contribution in [0.2, 0.25) is 0 Å². The van der Waals surface area contributed by atoms with E-state index >= 15 is 0 Å². The number of methoxy groups -OCH3 is 1. The van der Waals surface area contributed by atoms with E-state index in [1.165, 1.54) is 7.11 Å². The second kappa shape index (κ2) is 7.02. The number of ether oxygens (including phenoxy) is 1. The minimum atomic E-state index is -0.895. The van der Waals surface area contributed by atoms with E-state index in [4.69, 9.17) is 15.6 Å². The molecule has 1 unspecified atom stereocenters. The van der Waals surface area contributed by atoms with Crippen molar-refractivity contribution in [3.05, 3.63) is 0 Å². The Morgan fingerprint density at radius 2 is 2.42 bits per heavy atom. The quantitative estimate of drug-likeness (QED) is 0.434. The predicted octanol–water partition coefficient (Wildman–Crippen LogP) is -0.976. The van der Waals surface area contributed by atoms with Gasteiger partial charge in [0.25, 0.3) is 0 Å². The average Bonchev–Trinajstić information content (AvgIpc) is 2.03. The van der Waals surface area contributed by atoms with Crippen LogP contribution in [0.25, 0.3) is 0 Å². The summed E-state index contributed by atoms with van der Waals surface area (Å²) in [6.07, 6.45) is 0.771. The van der Waals surface area contributed by atoms with Crippen LogP contribution in [0.3, 0.4) is 0 Å². The van der Waals surface area contributed by atoms with E-state index in [1.807, 2.05) is 0 Å². The fraction of sp³-hybridized carbons (Fsp3) is 0.857. The van der Waals surface area contributed by atoms with E-state index in [1.54, 1.807) is 0 Å². The molecule has 0 aromatic rings. The highest BCUT2D eigenvalue weighted by Crippen LogP contribution is 1.85. The summed E-state index contributed by atoms with van der Waals surface area (Å²) < 4.78 is 4.72. The highest BCUT2D eigenvalue weighted by molar-refractivity contribution is 5.73. The molecule has 0 heterocycles. The van der Waals surface area contributed by atoms with Crippen LogP contribution in [-0.2, 0) is 9.53 Å². The Bertz CT molecular complexity index is 130. The second-order valence-electron chi connectivity index (χ2n) is 2.44. The lowest BCUT2D eigenvalue weighted by Gasteiger charge is -2.12. The zero-order valence-electron chi connectivity index (χ0n) is 7.25. The Kier molecular flexibility index (Phi) is 6.64. The van der Waals surface area contributed by atoms with Crippen molar-refractivity contribution < 1.29 is 14.6 Å². The molecule has 0 amide bonds. The number of rotatable bonds is 7. The third-order valence-corrected chi connectivity index (χ3v) is 1.40. The first-order valence-corrected chi connectivity index (χ1v) is 3.87. The number of carboxylic acid groups (broad SMARTS) is 1. The van der Waals surface area contributed by atoms with Crippen LogP contribution in [-0.4, -0.2) is 43.9 Å². The van der Waals surface area contributed by atoms with Crippen molar-refractivity contribution in [3.8, 4) is 0 Å². The van der Waals surface area contributed by atoms with Crippen molar-refractivity contribution in [1.82, 2.24) is 5.32 Å². The molecule has 0 aliphatic rings. The average molecular weight is 176 g/mol. The molecular formula is C7H16N2O3. The lowest BCUT2D eigenvalue weighted by atomic mass is 10.3. The summed E-state index contributed by atoms with van der Waals surface area (Å²) >= 11 is 0. The smallest absolute Gasteiger partial charge is 0.323 e. The number of nitrogens with one attached hydrogen (secondary N) is 1. The second-order valence-corrected chi connectivity index (χ2v) is 2.44. The van der Waals surface area contributed by atoms with Gasteiger partial charge in [-0.2, -0.15) is 0 Å². The molecule has 0 bridgehead atoms. The Hall–Kier alpha value is -0.650. The fourth-order valence-electron chi connectivity index (χ4n) is 0.763. The number of hydrogen-bond acceptors (Lipinski definition) is 4. The largest absolute Gasteiger partial charge is 0.480 e. The highest BCUT2D eigenvalue weighted by atomic mass is 16.5. The normalized spacial score (nSPS) is 12.8. The van der Waals surface area contributed by atoms with Gasteiger partial charge in [-0.1, -0.05) is 0 Å². The van der Waals surface area contributed by atoms with Gasteiger partial charge in [-0.05, 0) is 19.5 Å². The van der Waals surface area contributed by atoms with Crippen LogP contribution in [0.1, 0.15) is 6.42 Å². The molecule has 0 rings (SSSR count). The highest BCUT2D eigenvalue weighted by Gasteiger charge is 2.14. The summed E-state index contributed by atoms with van der Waals surface area (Å²) in [5.41, 5.74) is 5.25. The van der Waals surface area contributed by atoms with Gasteiger partial charge in [0.15, 0.2) is 0 Å². The van der Waals surface area contributed by atoms with Crippen molar-refractivity contribution in [2.75, 3.05) is 26.8 Å². The molecular weight excluding hydrogens is 160 g/mol. The third-order valence-electron chi connectivity index (χ3n) is 1.40. The van der Waals surface area contributed by atoms with Gasteiger partial charge in [-0.15, -0.1) is 0 Å². The molecule has 72 valence electrons. The van der Waals surface area contributed by atoms with Gasteiger partial charge >= 0.3 is 5.97 Å². The molecule has 0 saturated heterocycles. The predicted molar refractivity (Wildman–Crippen MR) is 45.0 cm³/mol. The van der Waals surface area contributed by atoms with Gasteiger partial charge < -0.3 is 20.9 Å². The minimum absolute atomic E-state index is 0.180. The van der Waals surface area contributed by atoms with Crippen LogP contribution in [0, 0.1) is 0 Å². The maximum absolute atomic E-state index is 10.5. The molecule has 0 aliphatic heterocycles. The molecule has 0 spiro atoms. The van der Waals surface area contributed by atoms with Crippen molar-refractivity contribution in [3.63, 3.8) is 0 Å². The molecule has 4 N–H and O–H groups in total. The molecule has 0 aromatic heterocycles. The van der Waals surface area contributed by atoms with Crippen molar-refractivity contribution in [2.24, 2.45) is 5.73 Å². The van der Waals surface area contributed by atoms with E-state index in [-0.39, 0.29) is 6.61 Å². The lowest BCUT2D eigenvalue weighted by molar-refractivity contribution is -0.140. The summed E-state index contributed by atoms with van der Waals surface area (Å²) in [4.78, 5) is 10.5. The maximum atomic E-state index is 10.5. The van der Waals surface area contributed by atoms with Crippen LogP contribution in [0.4, 0.5) is 0 Å². The first-order valence-electron chi connectivity index (χ1n) is 3.87. The topological polar surface area (TPSA) is 84.6 Å². The molecule has 0 aliphatic carbocycles. The summed E-state index contributed by atoms with van der Waals surface area (Å²) in [6.45, 7) is 1.35. The summed E-state index contributed by atoms with van der Waals surface area (Å²) in [7, 11) is 1.47. The molecule has 0 radical (unpaired) electrons. The summed E-state index contributed by atoms with van der Waals surface area (Å²) in [5, 5.41) is 11.4. The molecule has 5 heteroatoms. The van der Waals surface area contributed by atoms with Crippen molar-refractivity contribution in [1.29, 1.82) is 0 Å². The Morgan fingerprint density at radius 3 is 2.83 bits per heavy atom. The Morgan fingerprint density at radius 1 is 1.75 bits per heavy atom. The van der Waals surface area contributed by atoms with E-state index in [0.29, 0.717) is 13.1 Å². The van der Waals surface area contributed by atoms with Crippen molar-refractivity contribution >= 4 is 5.97 Å². The monoisotopic (exact) mass is 176 g/mol. The van der Waals surface area contributed by atoms with Crippen molar-refractivity contribution in [2.45, 2.75) is 12.5 Å². The summed E-state index contributed by atoms with van der Waals surface area (Å²) in [6, 6.07) is -0.624. The van der Waals surface area contributed by atoms with E-state index in [2.05, 4.69) is 5.32 Å². The third kappa shape index (κ3) is 5.06. The lowest BCUT2D eigenvalue weighted by Crippen LogP contribution is -2.41. The number of carbonyl (C=O) groups is 1. The fourth-order valence-corrected chi connectivity index (χ4v) is 0.763. The first-order chi connectivity index (χ1) is 5.72. The summed E-state index contributed by atoms with van der Waals surface area (Å²) in [5.74, 6) is -0.895. The zero-order chi connectivity index (χ0) is 9.40. The molecule has 1 atom stereocenters. The van der Waals surface area contributed by atoms with E-state index in [9.17, 15) is 4.79 Å². The number of hydrogen-bond donors (Lipinski definition) is 3. The molecule has 0 fully saturated rings. The SMILES string of the molecule is COCC(NCCCN)C(=O)O. The molecule has 0 saturated carbocycles. The van der Waals surface area contributed by atoms with Gasteiger partial charge in [0.1, 0.15) is 6.04 Å². The zero-order valence-corrected chi connectivity index (χ0v) is 7.25. The first kappa shape index (κ1) is 11.4. The molecule has 12 heavy (non-hydrogen) atoms. The Balaban J connectivity index is 3.56. The van der Waals surface area contributed by atoms with Crippen LogP contribution < -0.4 is 11.1 Å². The maximum Gasteiger partial charge on any atom is 0.323 e. The van der Waals surface area contributed by atoms with Gasteiger partial charge in [0, 0.05) is 7.11 Å². The van der Waals surface area contributed by atoms with Crippen LogP contribution in [0.15, 0.2) is 0 Å². The van der Waals surface area contributed by atoms with Crippen LogP contribution >= 0.6 is 0 Å². The van der Waals surface area contributed by atoms with Crippen LogP contribution in [0.5, 0.6) is 0 Å². The Labute approximate surface area is 71.9 Å².